The highest BCUT2D eigenvalue weighted by Crippen LogP contribution is 2.28. The lowest BCUT2D eigenvalue weighted by Crippen LogP contribution is -2.38. The summed E-state index contributed by atoms with van der Waals surface area (Å²) in [5.74, 6) is 0.922. The van der Waals surface area contributed by atoms with Crippen molar-refractivity contribution >= 4 is 11.6 Å². The zero-order valence-corrected chi connectivity index (χ0v) is 21.3. The third kappa shape index (κ3) is 6.44. The lowest BCUT2D eigenvalue weighted by molar-refractivity contribution is 0.0794. The monoisotopic (exact) mass is 511 g/mol. The lowest BCUT2D eigenvalue weighted by Gasteiger charge is -2.30. The fourth-order valence-electron chi connectivity index (χ4n) is 5.60. The predicted molar refractivity (Wildman–Crippen MR) is 137 cm³/mol. The van der Waals surface area contributed by atoms with Crippen LogP contribution in [0.5, 0.6) is 5.88 Å². The molecule has 3 aromatic heterocycles. The molecule has 0 unspecified atom stereocenters. The van der Waals surface area contributed by atoms with Crippen molar-refractivity contribution in [3.05, 3.63) is 59.2 Å². The number of fused-ring (bicyclic) bond motifs is 2. The maximum Gasteiger partial charge on any atom is 0.272 e. The molecule has 3 aromatic rings. The van der Waals surface area contributed by atoms with Crippen molar-refractivity contribution in [2.45, 2.75) is 64.3 Å². The van der Waals surface area contributed by atoms with E-state index in [2.05, 4.69) is 20.2 Å². The summed E-state index contributed by atoms with van der Waals surface area (Å²) in [5, 5.41) is 3.24. The lowest BCUT2D eigenvalue weighted by atomic mass is 9.84. The normalized spacial score (nSPS) is 20.5. The molecule has 1 fully saturated rings. The van der Waals surface area contributed by atoms with E-state index in [4.69, 9.17) is 4.74 Å². The summed E-state index contributed by atoms with van der Waals surface area (Å²) in [5.41, 5.74) is 4.47. The summed E-state index contributed by atoms with van der Waals surface area (Å²) in [7, 11) is 0. The van der Waals surface area contributed by atoms with E-state index in [1.807, 2.05) is 41.8 Å². The van der Waals surface area contributed by atoms with Gasteiger partial charge in [-0.2, -0.15) is 0 Å². The van der Waals surface area contributed by atoms with Crippen LogP contribution >= 0.6 is 0 Å². The van der Waals surface area contributed by atoms with E-state index in [-0.39, 0.29) is 17.8 Å². The van der Waals surface area contributed by atoms with Gasteiger partial charge in [0.15, 0.2) is 6.61 Å². The van der Waals surface area contributed by atoms with Crippen molar-refractivity contribution in [3.63, 3.8) is 0 Å². The van der Waals surface area contributed by atoms with Crippen molar-refractivity contribution in [3.8, 4) is 5.88 Å². The second kappa shape index (κ2) is 11.5. The van der Waals surface area contributed by atoms with Gasteiger partial charge in [-0.3, -0.25) is 9.20 Å². The Morgan fingerprint density at radius 1 is 1.11 bits per heavy atom. The van der Waals surface area contributed by atoms with E-state index >= 15 is 0 Å². The van der Waals surface area contributed by atoms with E-state index < -0.39 is 13.0 Å². The molecular weight excluding hydrogens is 476 g/mol. The Labute approximate surface area is 216 Å². The Balaban J connectivity index is 1.06. The fourth-order valence-corrected chi connectivity index (χ4v) is 5.60. The molecular formula is C28H35F2N5O2. The number of alkyl halides is 2. The molecule has 0 atom stereocenters. The first-order chi connectivity index (χ1) is 17.9. The number of amides is 1. The quantitative estimate of drug-likeness (QED) is 0.484. The number of pyridine rings is 2. The van der Waals surface area contributed by atoms with Crippen molar-refractivity contribution in [2.75, 3.05) is 26.2 Å². The molecule has 2 aliphatic rings. The number of hydrogen-bond acceptors (Lipinski definition) is 5. The van der Waals surface area contributed by atoms with Crippen LogP contribution in [0.25, 0.3) is 5.65 Å². The molecule has 0 aromatic carbocycles. The highest BCUT2D eigenvalue weighted by molar-refractivity contribution is 5.93. The topological polar surface area (TPSA) is 71.8 Å². The van der Waals surface area contributed by atoms with Gasteiger partial charge in [-0.1, -0.05) is 12.1 Å². The Hall–Kier alpha value is -3.07. The standard InChI is InChI=1S/C28H35F2N5O2/c1-19-17-35-24(3-2-4-26(35)31-19)28(36)32-22-8-5-20(6-9-22)11-14-34-15-12-21-7-10-27(37-18-25(29)30)33-23(21)13-16-34/h2-4,7,10,17,20,22,25H,5-6,8-9,11-16,18H2,1H3,(H,32,36). The molecule has 198 valence electrons. The maximum absolute atomic E-state index is 13.0. The van der Waals surface area contributed by atoms with Gasteiger partial charge in [0.2, 0.25) is 5.88 Å². The van der Waals surface area contributed by atoms with E-state index in [0.29, 0.717) is 11.6 Å². The number of hydrogen-bond donors (Lipinski definition) is 1. The minimum absolute atomic E-state index is 0.0352. The second-order valence-corrected chi connectivity index (χ2v) is 10.3. The van der Waals surface area contributed by atoms with Crippen LogP contribution in [-0.4, -0.2) is 63.9 Å². The first-order valence-electron chi connectivity index (χ1n) is 13.3. The van der Waals surface area contributed by atoms with Gasteiger partial charge in [0.1, 0.15) is 11.3 Å². The molecule has 37 heavy (non-hydrogen) atoms. The number of halogens is 2. The average Bonchev–Trinajstić information content (AvgIpc) is 3.16. The van der Waals surface area contributed by atoms with Gasteiger partial charge in [0, 0.05) is 43.5 Å². The first kappa shape index (κ1) is 25.6. The molecule has 0 spiro atoms. The van der Waals surface area contributed by atoms with Crippen LogP contribution in [-0.2, 0) is 12.8 Å². The molecule has 5 rings (SSSR count). The van der Waals surface area contributed by atoms with E-state index in [1.165, 1.54) is 5.56 Å². The van der Waals surface area contributed by atoms with Gasteiger partial charge in [-0.15, -0.1) is 0 Å². The van der Waals surface area contributed by atoms with Crippen molar-refractivity contribution in [1.29, 1.82) is 0 Å². The summed E-state index contributed by atoms with van der Waals surface area (Å²) >= 11 is 0. The minimum Gasteiger partial charge on any atom is -0.472 e. The van der Waals surface area contributed by atoms with Gasteiger partial charge in [0.05, 0.1) is 5.69 Å². The summed E-state index contributed by atoms with van der Waals surface area (Å²) in [6, 6.07) is 9.52. The van der Waals surface area contributed by atoms with Crippen LogP contribution in [0.1, 0.15) is 59.5 Å². The van der Waals surface area contributed by atoms with Crippen molar-refractivity contribution < 1.29 is 18.3 Å². The first-order valence-corrected chi connectivity index (χ1v) is 13.3. The SMILES string of the molecule is Cc1cn2c(C(=O)NC3CCC(CCN4CCc5ccc(OCC(F)F)nc5CC4)CC3)cccc2n1. The number of rotatable bonds is 8. The molecule has 4 heterocycles. The molecule has 0 saturated heterocycles. The fraction of sp³-hybridized carbons (Fsp3) is 0.536. The third-order valence-electron chi connectivity index (χ3n) is 7.64. The van der Waals surface area contributed by atoms with E-state index in [1.54, 1.807) is 6.07 Å². The van der Waals surface area contributed by atoms with Crippen LogP contribution in [0.15, 0.2) is 36.5 Å². The molecule has 1 aliphatic carbocycles. The Morgan fingerprint density at radius 3 is 2.73 bits per heavy atom. The number of carbonyl (C=O) groups excluding carboxylic acids is 1. The van der Waals surface area contributed by atoms with Crippen LogP contribution in [0.4, 0.5) is 8.78 Å². The smallest absolute Gasteiger partial charge is 0.272 e. The van der Waals surface area contributed by atoms with Crippen LogP contribution in [0, 0.1) is 12.8 Å². The van der Waals surface area contributed by atoms with E-state index in [0.717, 1.165) is 81.6 Å². The van der Waals surface area contributed by atoms with Gasteiger partial charge in [-0.25, -0.2) is 18.7 Å². The number of imidazole rings is 1. The van der Waals surface area contributed by atoms with Gasteiger partial charge >= 0.3 is 0 Å². The zero-order valence-electron chi connectivity index (χ0n) is 21.3. The van der Waals surface area contributed by atoms with Gasteiger partial charge in [-0.05, 0) is 75.6 Å². The third-order valence-corrected chi connectivity index (χ3v) is 7.64. The average molecular weight is 512 g/mol. The van der Waals surface area contributed by atoms with Crippen LogP contribution < -0.4 is 10.1 Å². The Kier molecular flexibility index (Phi) is 7.98. The number of aromatic nitrogens is 3. The van der Waals surface area contributed by atoms with Crippen LogP contribution in [0.3, 0.4) is 0 Å². The number of ether oxygens (including phenoxy) is 1. The summed E-state index contributed by atoms with van der Waals surface area (Å²) < 4.78 is 31.8. The highest BCUT2D eigenvalue weighted by Gasteiger charge is 2.25. The minimum atomic E-state index is -2.50. The molecule has 1 aliphatic heterocycles. The van der Waals surface area contributed by atoms with Gasteiger partial charge < -0.3 is 15.0 Å². The molecule has 0 radical (unpaired) electrons. The summed E-state index contributed by atoms with van der Waals surface area (Å²) in [4.78, 5) is 24.4. The Bertz CT molecular complexity index is 1220. The number of nitrogens with one attached hydrogen (secondary N) is 1. The molecule has 9 heteroatoms. The molecule has 1 N–H and O–H groups in total. The Morgan fingerprint density at radius 2 is 1.92 bits per heavy atom. The largest absolute Gasteiger partial charge is 0.472 e. The molecule has 1 saturated carbocycles. The second-order valence-electron chi connectivity index (χ2n) is 10.3. The van der Waals surface area contributed by atoms with Crippen molar-refractivity contribution in [2.24, 2.45) is 5.92 Å². The summed E-state index contributed by atoms with van der Waals surface area (Å²) in [6.45, 7) is 4.26. The number of aryl methyl sites for hydroxylation is 1. The zero-order chi connectivity index (χ0) is 25.8. The number of nitrogens with zero attached hydrogens (tertiary/aromatic N) is 4. The van der Waals surface area contributed by atoms with E-state index in [9.17, 15) is 13.6 Å². The van der Waals surface area contributed by atoms with Crippen LogP contribution in [0.2, 0.25) is 0 Å². The predicted octanol–water partition coefficient (Wildman–Crippen LogP) is 4.46. The number of carbonyl (C=O) groups is 1. The summed E-state index contributed by atoms with van der Waals surface area (Å²) in [6.07, 6.45) is 6.55. The molecule has 7 nitrogen and oxygen atoms in total. The maximum atomic E-state index is 13.0. The van der Waals surface area contributed by atoms with Gasteiger partial charge in [0.25, 0.3) is 12.3 Å². The highest BCUT2D eigenvalue weighted by atomic mass is 19.3. The van der Waals surface area contributed by atoms with Crippen molar-refractivity contribution in [1.82, 2.24) is 24.6 Å². The molecule has 1 amide bonds. The molecule has 0 bridgehead atoms.